The van der Waals surface area contributed by atoms with Gasteiger partial charge in [0.2, 0.25) is 5.91 Å². The Morgan fingerprint density at radius 1 is 1.41 bits per heavy atom. The van der Waals surface area contributed by atoms with Gasteiger partial charge in [0.15, 0.2) is 0 Å². The first-order valence-electron chi connectivity index (χ1n) is 5.94. The molecule has 0 aliphatic carbocycles. The summed E-state index contributed by atoms with van der Waals surface area (Å²) in [5, 5.41) is 0. The molecule has 3 nitrogen and oxygen atoms in total. The van der Waals surface area contributed by atoms with Crippen LogP contribution in [0.2, 0.25) is 0 Å². The highest BCUT2D eigenvalue weighted by Crippen LogP contribution is 2.11. The van der Waals surface area contributed by atoms with Gasteiger partial charge in [-0.1, -0.05) is 33.0 Å². The van der Waals surface area contributed by atoms with Crippen molar-refractivity contribution in [2.75, 3.05) is 25.1 Å². The number of hydrogen-bond acceptors (Lipinski definition) is 3. The van der Waals surface area contributed by atoms with E-state index in [0.717, 1.165) is 12.3 Å². The van der Waals surface area contributed by atoms with E-state index in [-0.39, 0.29) is 11.8 Å². The zero-order valence-electron chi connectivity index (χ0n) is 11.2. The quantitative estimate of drug-likeness (QED) is 0.690. The number of amides is 1. The Hall–Kier alpha value is -0.290. The van der Waals surface area contributed by atoms with Gasteiger partial charge >= 0.3 is 0 Å². The van der Waals surface area contributed by atoms with Gasteiger partial charge in [0.1, 0.15) is 0 Å². The van der Waals surface area contributed by atoms with Crippen LogP contribution in [-0.4, -0.2) is 40.9 Å². The molecule has 0 rings (SSSR count). The summed E-state index contributed by atoms with van der Waals surface area (Å²) in [6.45, 7) is 7.62. The summed E-state index contributed by atoms with van der Waals surface area (Å²) in [6.07, 6.45) is 2.63. The van der Waals surface area contributed by atoms with Crippen molar-refractivity contribution in [3.63, 3.8) is 0 Å². The van der Waals surface area contributed by atoms with Gasteiger partial charge in [0.05, 0.1) is 4.99 Å². The molecule has 0 saturated carbocycles. The van der Waals surface area contributed by atoms with Crippen molar-refractivity contribution in [1.29, 1.82) is 0 Å². The van der Waals surface area contributed by atoms with E-state index in [1.807, 2.05) is 18.1 Å². The van der Waals surface area contributed by atoms with Crippen molar-refractivity contribution < 1.29 is 4.79 Å². The van der Waals surface area contributed by atoms with Gasteiger partial charge in [0.25, 0.3) is 0 Å². The fraction of sp³-hybridized carbons (Fsp3) is 0.833. The number of rotatable bonds is 8. The summed E-state index contributed by atoms with van der Waals surface area (Å²) in [6, 6.07) is 0. The largest absolute Gasteiger partial charge is 0.393 e. The van der Waals surface area contributed by atoms with E-state index in [9.17, 15) is 4.79 Å². The Balaban J connectivity index is 4.43. The summed E-state index contributed by atoms with van der Waals surface area (Å²) in [5.74, 6) is 1.60. The van der Waals surface area contributed by atoms with Gasteiger partial charge in [-0.3, -0.25) is 4.79 Å². The van der Waals surface area contributed by atoms with Crippen LogP contribution in [0.4, 0.5) is 0 Å². The van der Waals surface area contributed by atoms with Crippen molar-refractivity contribution in [2.45, 2.75) is 27.2 Å². The van der Waals surface area contributed by atoms with Crippen molar-refractivity contribution in [2.24, 2.45) is 17.6 Å². The van der Waals surface area contributed by atoms with Crippen LogP contribution < -0.4 is 5.73 Å². The molecule has 0 aromatic heterocycles. The zero-order valence-corrected chi connectivity index (χ0v) is 12.9. The molecular formula is C12H24N2OS2. The predicted molar refractivity (Wildman–Crippen MR) is 80.4 cm³/mol. The molecule has 1 amide bonds. The fourth-order valence-electron chi connectivity index (χ4n) is 1.61. The number of carbonyl (C=O) groups is 1. The van der Waals surface area contributed by atoms with Gasteiger partial charge in [-0.2, -0.15) is 11.8 Å². The normalized spacial score (nSPS) is 12.5. The fourth-order valence-corrected chi connectivity index (χ4v) is 2.34. The zero-order chi connectivity index (χ0) is 13.4. The molecule has 0 spiro atoms. The number of thiocarbonyl (C=S) groups is 1. The molecule has 2 N–H and O–H groups in total. The molecule has 5 heteroatoms. The summed E-state index contributed by atoms with van der Waals surface area (Å²) < 4.78 is 0. The average molecular weight is 276 g/mol. The minimum Gasteiger partial charge on any atom is -0.393 e. The molecule has 0 radical (unpaired) electrons. The van der Waals surface area contributed by atoms with Crippen LogP contribution >= 0.6 is 24.0 Å². The molecule has 1 unspecified atom stereocenters. The second-order valence-corrected chi connectivity index (χ2v) is 6.19. The third-order valence-corrected chi connectivity index (χ3v) is 3.40. The number of hydrogen-bond donors (Lipinski definition) is 1. The third kappa shape index (κ3) is 7.60. The van der Waals surface area contributed by atoms with Gasteiger partial charge in [-0.05, 0) is 12.2 Å². The maximum absolute atomic E-state index is 12.2. The SMILES string of the molecule is CSCC(C)C(=O)N(CCC(N)=S)CC(C)C. The van der Waals surface area contributed by atoms with Crippen LogP contribution in [0.15, 0.2) is 0 Å². The lowest BCUT2D eigenvalue weighted by molar-refractivity contribution is -0.134. The lowest BCUT2D eigenvalue weighted by Crippen LogP contribution is -2.40. The number of carbonyl (C=O) groups excluding carboxylic acids is 1. The minimum atomic E-state index is 0.0649. The van der Waals surface area contributed by atoms with Gasteiger partial charge in [-0.25, -0.2) is 0 Å². The monoisotopic (exact) mass is 276 g/mol. The second-order valence-electron chi connectivity index (χ2n) is 4.75. The third-order valence-electron chi connectivity index (χ3n) is 2.36. The van der Waals surface area contributed by atoms with Crippen LogP contribution in [0, 0.1) is 11.8 Å². The topological polar surface area (TPSA) is 46.3 Å². The van der Waals surface area contributed by atoms with Crippen molar-refractivity contribution in [3.8, 4) is 0 Å². The molecule has 1 atom stereocenters. The van der Waals surface area contributed by atoms with Crippen molar-refractivity contribution >= 4 is 34.9 Å². The van der Waals surface area contributed by atoms with Crippen molar-refractivity contribution in [3.05, 3.63) is 0 Å². The molecule has 0 aromatic carbocycles. The molecule has 17 heavy (non-hydrogen) atoms. The molecular weight excluding hydrogens is 252 g/mol. The Labute approximate surface area is 114 Å². The van der Waals surface area contributed by atoms with E-state index in [4.69, 9.17) is 18.0 Å². The molecule has 0 aliphatic heterocycles. The number of nitrogens with two attached hydrogens (primary N) is 1. The summed E-state index contributed by atoms with van der Waals surface area (Å²) >= 11 is 6.57. The Morgan fingerprint density at radius 2 is 2.00 bits per heavy atom. The number of thioether (sulfide) groups is 1. The van der Waals surface area contributed by atoms with E-state index < -0.39 is 0 Å². The maximum Gasteiger partial charge on any atom is 0.226 e. The van der Waals surface area contributed by atoms with Gasteiger partial charge < -0.3 is 10.6 Å². The lowest BCUT2D eigenvalue weighted by Gasteiger charge is -2.27. The molecule has 0 aliphatic rings. The van der Waals surface area contributed by atoms with Crippen LogP contribution in [0.3, 0.4) is 0 Å². The summed E-state index contributed by atoms with van der Waals surface area (Å²) in [7, 11) is 0. The molecule has 0 bridgehead atoms. The molecule has 0 fully saturated rings. The predicted octanol–water partition coefficient (Wildman–Crippen LogP) is 2.15. The molecule has 0 heterocycles. The summed E-state index contributed by atoms with van der Waals surface area (Å²) in [4.78, 5) is 14.6. The smallest absolute Gasteiger partial charge is 0.226 e. The Morgan fingerprint density at radius 3 is 2.41 bits per heavy atom. The van der Waals surface area contributed by atoms with E-state index in [0.29, 0.717) is 23.9 Å². The maximum atomic E-state index is 12.2. The first-order chi connectivity index (χ1) is 7.88. The van der Waals surface area contributed by atoms with E-state index in [1.54, 1.807) is 11.8 Å². The van der Waals surface area contributed by atoms with E-state index in [2.05, 4.69) is 13.8 Å². The minimum absolute atomic E-state index is 0.0649. The highest BCUT2D eigenvalue weighted by atomic mass is 32.2. The van der Waals surface area contributed by atoms with Crippen molar-refractivity contribution in [1.82, 2.24) is 4.90 Å². The van der Waals surface area contributed by atoms with Crippen LogP contribution in [0.1, 0.15) is 27.2 Å². The van der Waals surface area contributed by atoms with Crippen LogP contribution in [-0.2, 0) is 4.79 Å². The Kier molecular flexibility index (Phi) is 8.60. The molecule has 0 aromatic rings. The highest BCUT2D eigenvalue weighted by molar-refractivity contribution is 7.98. The molecule has 0 saturated heterocycles. The van der Waals surface area contributed by atoms with Crippen LogP contribution in [0.5, 0.6) is 0 Å². The lowest BCUT2D eigenvalue weighted by atomic mass is 10.1. The highest BCUT2D eigenvalue weighted by Gasteiger charge is 2.20. The van der Waals surface area contributed by atoms with E-state index in [1.165, 1.54) is 0 Å². The summed E-state index contributed by atoms with van der Waals surface area (Å²) in [5.41, 5.74) is 5.50. The first kappa shape index (κ1) is 16.7. The molecule has 100 valence electrons. The second kappa shape index (κ2) is 8.75. The first-order valence-corrected chi connectivity index (χ1v) is 7.74. The van der Waals surface area contributed by atoms with Crippen LogP contribution in [0.25, 0.3) is 0 Å². The average Bonchev–Trinajstić information content (AvgIpc) is 2.22. The van der Waals surface area contributed by atoms with Gasteiger partial charge in [0, 0.05) is 31.2 Å². The van der Waals surface area contributed by atoms with Gasteiger partial charge in [-0.15, -0.1) is 0 Å². The van der Waals surface area contributed by atoms with E-state index >= 15 is 0 Å². The Bertz CT molecular complexity index is 257. The standard InChI is InChI=1S/C12H24N2OS2/c1-9(2)7-14(6-5-11(13)16)12(15)10(3)8-17-4/h9-10H,5-8H2,1-4H3,(H2,13,16). The number of nitrogens with zero attached hydrogens (tertiary/aromatic N) is 1.